The van der Waals surface area contributed by atoms with E-state index in [1.54, 1.807) is 30.3 Å². The number of Topliss-reactive ketones (excluding diaryl/α,β-unsaturated/α-hetero) is 1. The lowest BCUT2D eigenvalue weighted by molar-refractivity contribution is -0.118. The van der Waals surface area contributed by atoms with E-state index in [-0.39, 0.29) is 18.3 Å². The molecule has 0 radical (unpaired) electrons. The molecule has 2 aromatic rings. The molecule has 120 valence electrons. The summed E-state index contributed by atoms with van der Waals surface area (Å²) < 4.78 is 5.42. The summed E-state index contributed by atoms with van der Waals surface area (Å²) in [7, 11) is 0. The van der Waals surface area contributed by atoms with Crippen molar-refractivity contribution in [3.05, 3.63) is 54.1 Å². The highest BCUT2D eigenvalue weighted by Gasteiger charge is 2.10. The molecule has 23 heavy (non-hydrogen) atoms. The highest BCUT2D eigenvalue weighted by atomic mass is 16.5. The SMILES string of the molecule is CCCC(=O)c1ccc(OCC(=O)Nc2ccccc2)c(N)c1. The molecule has 1 amide bonds. The summed E-state index contributed by atoms with van der Waals surface area (Å²) in [6.45, 7) is 1.80. The van der Waals surface area contributed by atoms with E-state index in [1.165, 1.54) is 0 Å². The maximum Gasteiger partial charge on any atom is 0.262 e. The summed E-state index contributed by atoms with van der Waals surface area (Å²) in [5, 5.41) is 2.72. The van der Waals surface area contributed by atoms with Crippen LogP contribution in [0.1, 0.15) is 30.1 Å². The molecule has 0 aliphatic rings. The smallest absolute Gasteiger partial charge is 0.262 e. The van der Waals surface area contributed by atoms with Gasteiger partial charge in [0.05, 0.1) is 5.69 Å². The number of anilines is 2. The Balaban J connectivity index is 1.93. The van der Waals surface area contributed by atoms with Gasteiger partial charge in [-0.05, 0) is 36.8 Å². The van der Waals surface area contributed by atoms with Crippen LogP contribution in [0.3, 0.4) is 0 Å². The fourth-order valence-corrected chi connectivity index (χ4v) is 2.09. The van der Waals surface area contributed by atoms with E-state index in [4.69, 9.17) is 10.5 Å². The van der Waals surface area contributed by atoms with Gasteiger partial charge < -0.3 is 15.8 Å². The van der Waals surface area contributed by atoms with E-state index in [0.29, 0.717) is 29.1 Å². The van der Waals surface area contributed by atoms with Crippen molar-refractivity contribution in [2.24, 2.45) is 0 Å². The van der Waals surface area contributed by atoms with Crippen LogP contribution in [0.2, 0.25) is 0 Å². The third-order valence-electron chi connectivity index (χ3n) is 3.23. The van der Waals surface area contributed by atoms with Crippen molar-refractivity contribution in [3.8, 4) is 5.75 Å². The molecule has 0 atom stereocenters. The molecule has 5 nitrogen and oxygen atoms in total. The largest absolute Gasteiger partial charge is 0.482 e. The number of carbonyl (C=O) groups is 2. The number of hydrogen-bond donors (Lipinski definition) is 2. The van der Waals surface area contributed by atoms with Crippen LogP contribution in [0.5, 0.6) is 5.75 Å². The van der Waals surface area contributed by atoms with Crippen molar-refractivity contribution in [2.75, 3.05) is 17.7 Å². The van der Waals surface area contributed by atoms with Gasteiger partial charge in [-0.15, -0.1) is 0 Å². The molecule has 0 aliphatic heterocycles. The molecule has 0 aromatic heterocycles. The molecular weight excluding hydrogens is 292 g/mol. The average molecular weight is 312 g/mol. The van der Waals surface area contributed by atoms with Gasteiger partial charge in [-0.3, -0.25) is 9.59 Å². The second-order valence-corrected chi connectivity index (χ2v) is 5.13. The molecule has 3 N–H and O–H groups in total. The van der Waals surface area contributed by atoms with Crippen LogP contribution in [0.4, 0.5) is 11.4 Å². The van der Waals surface area contributed by atoms with Crippen molar-refractivity contribution < 1.29 is 14.3 Å². The first-order valence-electron chi connectivity index (χ1n) is 7.50. The van der Waals surface area contributed by atoms with Gasteiger partial charge in [0, 0.05) is 17.7 Å². The maximum absolute atomic E-state index is 11.8. The number of nitrogens with one attached hydrogen (secondary N) is 1. The predicted octanol–water partition coefficient (Wildman–Crippen LogP) is 3.27. The first-order chi connectivity index (χ1) is 11.1. The number of benzene rings is 2. The van der Waals surface area contributed by atoms with E-state index in [0.717, 1.165) is 6.42 Å². The second kappa shape index (κ2) is 7.98. The summed E-state index contributed by atoms with van der Waals surface area (Å²) in [4.78, 5) is 23.6. The lowest BCUT2D eigenvalue weighted by Crippen LogP contribution is -2.20. The number of nitrogens with two attached hydrogens (primary N) is 1. The quantitative estimate of drug-likeness (QED) is 0.607. The van der Waals surface area contributed by atoms with Gasteiger partial charge in [-0.2, -0.15) is 0 Å². The number of hydrogen-bond acceptors (Lipinski definition) is 4. The molecular formula is C18H20N2O3. The number of nitrogen functional groups attached to an aromatic ring is 1. The summed E-state index contributed by atoms with van der Waals surface area (Å²) in [5.41, 5.74) is 7.50. The van der Waals surface area contributed by atoms with Gasteiger partial charge in [0.1, 0.15) is 5.75 Å². The molecule has 5 heteroatoms. The topological polar surface area (TPSA) is 81.4 Å². The minimum Gasteiger partial charge on any atom is -0.482 e. The number of carbonyl (C=O) groups excluding carboxylic acids is 2. The summed E-state index contributed by atoms with van der Waals surface area (Å²) in [6, 6.07) is 14.0. The highest BCUT2D eigenvalue weighted by Crippen LogP contribution is 2.23. The fraction of sp³-hybridized carbons (Fsp3) is 0.222. The first-order valence-corrected chi connectivity index (χ1v) is 7.50. The summed E-state index contributed by atoms with van der Waals surface area (Å²) in [6.07, 6.45) is 1.27. The van der Waals surface area contributed by atoms with Crippen LogP contribution in [0, 0.1) is 0 Å². The number of rotatable bonds is 7. The average Bonchev–Trinajstić information content (AvgIpc) is 2.55. The summed E-state index contributed by atoms with van der Waals surface area (Å²) >= 11 is 0. The minimum absolute atomic E-state index is 0.0487. The monoisotopic (exact) mass is 312 g/mol. The Morgan fingerprint density at radius 1 is 1.13 bits per heavy atom. The lowest BCUT2D eigenvalue weighted by atomic mass is 10.1. The Morgan fingerprint density at radius 3 is 2.52 bits per heavy atom. The Labute approximate surface area is 135 Å². The minimum atomic E-state index is -0.276. The molecule has 0 bridgehead atoms. The number of amides is 1. The first kappa shape index (κ1) is 16.5. The Hall–Kier alpha value is -2.82. The van der Waals surface area contributed by atoms with Gasteiger partial charge in [0.15, 0.2) is 12.4 Å². The predicted molar refractivity (Wildman–Crippen MR) is 90.7 cm³/mol. The fourth-order valence-electron chi connectivity index (χ4n) is 2.09. The van der Waals surface area contributed by atoms with Crippen molar-refractivity contribution >= 4 is 23.1 Å². The third-order valence-corrected chi connectivity index (χ3v) is 3.23. The Morgan fingerprint density at radius 2 is 1.87 bits per heavy atom. The van der Waals surface area contributed by atoms with Gasteiger partial charge in [0.2, 0.25) is 0 Å². The Kier molecular flexibility index (Phi) is 5.74. The molecule has 0 spiro atoms. The van der Waals surface area contributed by atoms with Gasteiger partial charge in [-0.25, -0.2) is 0 Å². The lowest BCUT2D eigenvalue weighted by Gasteiger charge is -2.10. The van der Waals surface area contributed by atoms with Crippen LogP contribution in [0.15, 0.2) is 48.5 Å². The zero-order valence-electron chi connectivity index (χ0n) is 13.0. The molecule has 0 heterocycles. The van der Waals surface area contributed by atoms with E-state index in [9.17, 15) is 9.59 Å². The van der Waals surface area contributed by atoms with Crippen molar-refractivity contribution in [3.63, 3.8) is 0 Å². The highest BCUT2D eigenvalue weighted by molar-refractivity contribution is 5.97. The standard InChI is InChI=1S/C18H20N2O3/c1-2-6-16(21)13-9-10-17(15(19)11-13)23-12-18(22)20-14-7-4-3-5-8-14/h3-5,7-11H,2,6,12,19H2,1H3,(H,20,22). The van der Waals surface area contributed by atoms with Crippen LogP contribution >= 0.6 is 0 Å². The Bertz CT molecular complexity index is 684. The zero-order chi connectivity index (χ0) is 16.7. The molecule has 0 unspecified atom stereocenters. The zero-order valence-corrected chi connectivity index (χ0v) is 13.0. The van der Waals surface area contributed by atoms with Crippen LogP contribution < -0.4 is 15.8 Å². The van der Waals surface area contributed by atoms with Crippen LogP contribution in [-0.4, -0.2) is 18.3 Å². The van der Waals surface area contributed by atoms with Crippen molar-refractivity contribution in [1.82, 2.24) is 0 Å². The van der Waals surface area contributed by atoms with E-state index < -0.39 is 0 Å². The van der Waals surface area contributed by atoms with Gasteiger partial charge in [-0.1, -0.05) is 25.1 Å². The van der Waals surface area contributed by atoms with E-state index in [1.807, 2.05) is 25.1 Å². The van der Waals surface area contributed by atoms with E-state index in [2.05, 4.69) is 5.32 Å². The normalized spacial score (nSPS) is 10.1. The van der Waals surface area contributed by atoms with Crippen LogP contribution in [0.25, 0.3) is 0 Å². The maximum atomic E-state index is 11.8. The molecule has 2 rings (SSSR count). The van der Waals surface area contributed by atoms with Crippen LogP contribution in [-0.2, 0) is 4.79 Å². The van der Waals surface area contributed by atoms with E-state index >= 15 is 0 Å². The molecule has 0 fully saturated rings. The van der Waals surface area contributed by atoms with Gasteiger partial charge in [0.25, 0.3) is 5.91 Å². The number of para-hydroxylation sites is 1. The summed E-state index contributed by atoms with van der Waals surface area (Å²) in [5.74, 6) is 0.163. The number of ketones is 1. The van der Waals surface area contributed by atoms with Crippen molar-refractivity contribution in [1.29, 1.82) is 0 Å². The number of ether oxygens (including phenoxy) is 1. The molecule has 0 aliphatic carbocycles. The molecule has 0 saturated heterocycles. The van der Waals surface area contributed by atoms with Gasteiger partial charge >= 0.3 is 0 Å². The third kappa shape index (κ3) is 4.85. The second-order valence-electron chi connectivity index (χ2n) is 5.13. The molecule has 0 saturated carbocycles. The molecule has 2 aromatic carbocycles. The van der Waals surface area contributed by atoms with Crippen molar-refractivity contribution in [2.45, 2.75) is 19.8 Å².